The highest BCUT2D eigenvalue weighted by atomic mass is 16.5. The third kappa shape index (κ3) is 4.36. The molecule has 0 saturated carbocycles. The minimum absolute atomic E-state index is 0.0164. The first-order chi connectivity index (χ1) is 7.83. The van der Waals surface area contributed by atoms with Crippen molar-refractivity contribution >= 4 is 0 Å². The van der Waals surface area contributed by atoms with Gasteiger partial charge in [0.05, 0.1) is 13.2 Å². The molecule has 1 aromatic rings. The molecule has 0 saturated heterocycles. The molecule has 0 bridgehead atoms. The summed E-state index contributed by atoms with van der Waals surface area (Å²) in [5, 5.41) is 13.4. The minimum Gasteiger partial charge on any atom is -0.496 e. The largest absolute Gasteiger partial charge is 0.496 e. The van der Waals surface area contributed by atoms with Crippen molar-refractivity contribution in [2.24, 2.45) is 0 Å². The molecule has 0 aliphatic carbocycles. The number of aryl methyl sites for hydroxylation is 1. The number of hydrogen-bond donors (Lipinski definition) is 2. The summed E-state index contributed by atoms with van der Waals surface area (Å²) >= 11 is 0. The molecule has 0 spiro atoms. The van der Waals surface area contributed by atoms with Crippen molar-refractivity contribution in [1.82, 2.24) is 5.32 Å². The van der Waals surface area contributed by atoms with Crippen LogP contribution in [0.4, 0.5) is 0 Å². The Morgan fingerprint density at radius 2 is 2.00 bits per heavy atom. The molecule has 17 heavy (non-hydrogen) atoms. The van der Waals surface area contributed by atoms with Crippen LogP contribution in [-0.4, -0.2) is 24.3 Å². The Labute approximate surface area is 104 Å². The predicted octanol–water partition coefficient (Wildman–Crippen LogP) is 2.43. The van der Waals surface area contributed by atoms with E-state index < -0.39 is 6.10 Å². The zero-order valence-electron chi connectivity index (χ0n) is 11.4. The zero-order valence-corrected chi connectivity index (χ0v) is 11.4. The van der Waals surface area contributed by atoms with Crippen LogP contribution in [0, 0.1) is 6.92 Å². The summed E-state index contributed by atoms with van der Waals surface area (Å²) < 4.78 is 5.20. The van der Waals surface area contributed by atoms with Gasteiger partial charge in [-0.2, -0.15) is 0 Å². The highest BCUT2D eigenvalue weighted by molar-refractivity contribution is 5.37. The van der Waals surface area contributed by atoms with Crippen molar-refractivity contribution in [1.29, 1.82) is 0 Å². The van der Waals surface area contributed by atoms with E-state index in [1.165, 1.54) is 0 Å². The van der Waals surface area contributed by atoms with Crippen LogP contribution in [0.5, 0.6) is 5.75 Å². The normalized spacial score (nSPS) is 13.5. The second kappa shape index (κ2) is 5.52. The molecule has 0 aliphatic heterocycles. The summed E-state index contributed by atoms with van der Waals surface area (Å²) in [5.41, 5.74) is 1.97. The lowest BCUT2D eigenvalue weighted by molar-refractivity contribution is 0.163. The number of ether oxygens (including phenoxy) is 1. The van der Waals surface area contributed by atoms with Crippen molar-refractivity contribution < 1.29 is 9.84 Å². The van der Waals surface area contributed by atoms with Crippen LogP contribution in [0.1, 0.15) is 38.0 Å². The summed E-state index contributed by atoms with van der Waals surface area (Å²) in [6.07, 6.45) is -0.487. The molecule has 2 N–H and O–H groups in total. The number of β-amino-alcohol motifs (C(OH)–C–C–N with tert-alkyl or cyclic N) is 1. The van der Waals surface area contributed by atoms with Crippen molar-refractivity contribution in [3.8, 4) is 5.75 Å². The fraction of sp³-hybridized carbons (Fsp3) is 0.571. The molecule has 1 unspecified atom stereocenters. The molecule has 0 amide bonds. The van der Waals surface area contributed by atoms with E-state index in [1.54, 1.807) is 7.11 Å². The molecule has 0 aromatic heterocycles. The highest BCUT2D eigenvalue weighted by Crippen LogP contribution is 2.22. The summed E-state index contributed by atoms with van der Waals surface area (Å²) in [6.45, 7) is 8.78. The van der Waals surface area contributed by atoms with Crippen molar-refractivity contribution in [2.75, 3.05) is 13.7 Å². The maximum absolute atomic E-state index is 10.1. The lowest BCUT2D eigenvalue weighted by Crippen LogP contribution is -2.38. The van der Waals surface area contributed by atoms with Crippen LogP contribution < -0.4 is 10.1 Å². The van der Waals surface area contributed by atoms with Crippen molar-refractivity contribution in [2.45, 2.75) is 39.3 Å². The van der Waals surface area contributed by atoms with Crippen LogP contribution in [-0.2, 0) is 0 Å². The van der Waals surface area contributed by atoms with Gasteiger partial charge >= 0.3 is 0 Å². The Morgan fingerprint density at radius 1 is 1.35 bits per heavy atom. The van der Waals surface area contributed by atoms with Crippen LogP contribution in [0.15, 0.2) is 18.2 Å². The smallest absolute Gasteiger partial charge is 0.121 e. The first kappa shape index (κ1) is 14.0. The number of aliphatic hydroxyl groups is 1. The van der Waals surface area contributed by atoms with Crippen molar-refractivity contribution in [3.63, 3.8) is 0 Å². The molecule has 1 rings (SSSR count). The molecule has 1 atom stereocenters. The Kier molecular flexibility index (Phi) is 4.54. The van der Waals surface area contributed by atoms with E-state index in [-0.39, 0.29) is 5.54 Å². The molecular weight excluding hydrogens is 214 g/mol. The number of methoxy groups -OCH3 is 1. The van der Waals surface area contributed by atoms with Crippen LogP contribution in [0.2, 0.25) is 0 Å². The van der Waals surface area contributed by atoms with Gasteiger partial charge in [-0.3, -0.25) is 0 Å². The third-order valence-corrected chi connectivity index (χ3v) is 2.63. The van der Waals surface area contributed by atoms with Gasteiger partial charge in [-0.05, 0) is 51.0 Å². The van der Waals surface area contributed by atoms with Crippen LogP contribution >= 0.6 is 0 Å². The minimum atomic E-state index is -0.487. The summed E-state index contributed by atoms with van der Waals surface area (Å²) in [4.78, 5) is 0. The monoisotopic (exact) mass is 237 g/mol. The molecule has 0 heterocycles. The van der Waals surface area contributed by atoms with Crippen molar-refractivity contribution in [3.05, 3.63) is 29.3 Å². The number of nitrogens with one attached hydrogen (secondary N) is 1. The molecular formula is C14H23NO2. The van der Waals surface area contributed by atoms with E-state index in [4.69, 9.17) is 4.74 Å². The number of benzene rings is 1. The highest BCUT2D eigenvalue weighted by Gasteiger charge is 2.14. The average Bonchev–Trinajstić information content (AvgIpc) is 2.24. The molecule has 0 radical (unpaired) electrons. The van der Waals surface area contributed by atoms with Gasteiger partial charge < -0.3 is 15.2 Å². The Bertz CT molecular complexity index is 369. The van der Waals surface area contributed by atoms with Gasteiger partial charge in [-0.25, -0.2) is 0 Å². The van der Waals surface area contributed by atoms with Gasteiger partial charge in [-0.15, -0.1) is 0 Å². The topological polar surface area (TPSA) is 41.5 Å². The molecule has 3 heteroatoms. The van der Waals surface area contributed by atoms with Gasteiger partial charge in [0.25, 0.3) is 0 Å². The van der Waals surface area contributed by atoms with E-state index in [1.807, 2.05) is 25.1 Å². The quantitative estimate of drug-likeness (QED) is 0.845. The van der Waals surface area contributed by atoms with E-state index in [0.717, 1.165) is 16.9 Å². The van der Waals surface area contributed by atoms with Crippen LogP contribution in [0.25, 0.3) is 0 Å². The van der Waals surface area contributed by atoms with Gasteiger partial charge in [-0.1, -0.05) is 6.07 Å². The molecule has 3 nitrogen and oxygen atoms in total. The number of hydrogen-bond acceptors (Lipinski definition) is 3. The SMILES string of the molecule is COc1ccc(C(O)CNC(C)(C)C)cc1C. The van der Waals surface area contributed by atoms with Gasteiger partial charge in [0.1, 0.15) is 5.75 Å². The summed E-state index contributed by atoms with van der Waals surface area (Å²) in [5.74, 6) is 0.852. The lowest BCUT2D eigenvalue weighted by Gasteiger charge is -2.23. The lowest BCUT2D eigenvalue weighted by atomic mass is 10.0. The molecule has 0 fully saturated rings. The Morgan fingerprint density at radius 3 is 2.47 bits per heavy atom. The molecule has 96 valence electrons. The first-order valence-electron chi connectivity index (χ1n) is 5.91. The average molecular weight is 237 g/mol. The maximum atomic E-state index is 10.1. The number of rotatable bonds is 4. The standard InChI is InChI=1S/C14H23NO2/c1-10-8-11(6-7-13(10)17-5)12(16)9-15-14(2,3)4/h6-8,12,15-16H,9H2,1-5H3. The second-order valence-corrected chi connectivity index (χ2v) is 5.38. The van der Waals surface area contributed by atoms with Crippen LogP contribution in [0.3, 0.4) is 0 Å². The third-order valence-electron chi connectivity index (χ3n) is 2.63. The van der Waals surface area contributed by atoms with E-state index in [2.05, 4.69) is 26.1 Å². The first-order valence-corrected chi connectivity index (χ1v) is 5.91. The molecule has 1 aromatic carbocycles. The van der Waals surface area contributed by atoms with Gasteiger partial charge in [0.2, 0.25) is 0 Å². The van der Waals surface area contributed by atoms with Gasteiger partial charge in [0.15, 0.2) is 0 Å². The van der Waals surface area contributed by atoms with Gasteiger partial charge in [0, 0.05) is 12.1 Å². The fourth-order valence-electron chi connectivity index (χ4n) is 1.63. The van der Waals surface area contributed by atoms with E-state index in [9.17, 15) is 5.11 Å². The zero-order chi connectivity index (χ0) is 13.1. The number of aliphatic hydroxyl groups excluding tert-OH is 1. The molecule has 0 aliphatic rings. The Balaban J connectivity index is 2.69. The Hall–Kier alpha value is -1.06. The second-order valence-electron chi connectivity index (χ2n) is 5.38. The predicted molar refractivity (Wildman–Crippen MR) is 70.4 cm³/mol. The fourth-order valence-corrected chi connectivity index (χ4v) is 1.63. The van der Waals surface area contributed by atoms with E-state index >= 15 is 0 Å². The summed E-state index contributed by atoms with van der Waals surface area (Å²) in [6, 6.07) is 5.76. The van der Waals surface area contributed by atoms with E-state index in [0.29, 0.717) is 6.54 Å². The maximum Gasteiger partial charge on any atom is 0.121 e. The summed E-state index contributed by atoms with van der Waals surface area (Å²) in [7, 11) is 1.65.